The van der Waals surface area contributed by atoms with Crippen molar-refractivity contribution in [2.24, 2.45) is 0 Å². The second-order valence-electron chi connectivity index (χ2n) is 3.51. The average molecular weight is 211 g/mol. The Labute approximate surface area is 86.8 Å². The molecular weight excluding hydrogens is 198 g/mol. The number of carbonyl (C=O) groups is 1. The van der Waals surface area contributed by atoms with Crippen LogP contribution in [0.4, 0.5) is 5.00 Å². The molecule has 0 atom stereocenters. The number of carboxylic acid groups (broad SMARTS) is 1. The van der Waals surface area contributed by atoms with Gasteiger partial charge in [0.15, 0.2) is 0 Å². The summed E-state index contributed by atoms with van der Waals surface area (Å²) in [7, 11) is 0. The first kappa shape index (κ1) is 9.52. The van der Waals surface area contributed by atoms with Crippen molar-refractivity contribution >= 4 is 22.3 Å². The van der Waals surface area contributed by atoms with E-state index in [0.29, 0.717) is 0 Å². The third-order valence-electron chi connectivity index (χ3n) is 2.41. The van der Waals surface area contributed by atoms with E-state index in [9.17, 15) is 4.79 Å². The molecule has 76 valence electrons. The number of anilines is 1. The van der Waals surface area contributed by atoms with Crippen molar-refractivity contribution in [2.75, 3.05) is 11.9 Å². The summed E-state index contributed by atoms with van der Waals surface area (Å²) in [4.78, 5) is 11.8. The van der Waals surface area contributed by atoms with Gasteiger partial charge in [-0.15, -0.1) is 11.3 Å². The van der Waals surface area contributed by atoms with Crippen LogP contribution in [0.2, 0.25) is 0 Å². The third kappa shape index (κ3) is 2.07. The lowest BCUT2D eigenvalue weighted by Crippen LogP contribution is -2.11. The largest absolute Gasteiger partial charge is 0.480 e. The SMILES string of the molecule is O=C(O)CNc1cc2c(s1)CCCC2. The molecule has 0 amide bonds. The van der Waals surface area contributed by atoms with Crippen molar-refractivity contribution in [3.63, 3.8) is 0 Å². The Kier molecular flexibility index (Phi) is 2.72. The Bertz CT molecular complexity index is 322. The van der Waals surface area contributed by atoms with E-state index in [1.54, 1.807) is 11.3 Å². The third-order valence-corrected chi connectivity index (χ3v) is 3.61. The van der Waals surface area contributed by atoms with Gasteiger partial charge in [0, 0.05) is 4.88 Å². The summed E-state index contributed by atoms with van der Waals surface area (Å²) >= 11 is 1.70. The zero-order chi connectivity index (χ0) is 9.97. The monoisotopic (exact) mass is 211 g/mol. The zero-order valence-corrected chi connectivity index (χ0v) is 8.69. The lowest BCUT2D eigenvalue weighted by molar-refractivity contribution is -0.134. The highest BCUT2D eigenvalue weighted by atomic mass is 32.1. The van der Waals surface area contributed by atoms with Crippen LogP contribution in [0.1, 0.15) is 23.3 Å². The molecule has 0 bridgehead atoms. The zero-order valence-electron chi connectivity index (χ0n) is 7.88. The van der Waals surface area contributed by atoms with Crippen LogP contribution in [0, 0.1) is 0 Å². The first-order valence-corrected chi connectivity index (χ1v) is 5.64. The van der Waals surface area contributed by atoms with Crippen molar-refractivity contribution in [3.05, 3.63) is 16.5 Å². The van der Waals surface area contributed by atoms with Crippen LogP contribution < -0.4 is 5.32 Å². The van der Waals surface area contributed by atoms with E-state index in [-0.39, 0.29) is 6.54 Å². The molecule has 0 aromatic carbocycles. The predicted molar refractivity (Wildman–Crippen MR) is 57.1 cm³/mol. The summed E-state index contributed by atoms with van der Waals surface area (Å²) in [5.74, 6) is -0.809. The molecule has 0 saturated carbocycles. The molecule has 0 saturated heterocycles. The minimum atomic E-state index is -0.809. The summed E-state index contributed by atoms with van der Waals surface area (Å²) in [5, 5.41) is 12.4. The number of aliphatic carboxylic acids is 1. The molecule has 0 fully saturated rings. The quantitative estimate of drug-likeness (QED) is 0.805. The highest BCUT2D eigenvalue weighted by Gasteiger charge is 2.13. The van der Waals surface area contributed by atoms with Gasteiger partial charge in [0.1, 0.15) is 6.54 Å². The molecule has 2 rings (SSSR count). The van der Waals surface area contributed by atoms with Gasteiger partial charge in [0.2, 0.25) is 0 Å². The lowest BCUT2D eigenvalue weighted by atomic mass is 10.00. The number of carboxylic acids is 1. The molecule has 0 aliphatic heterocycles. The van der Waals surface area contributed by atoms with Gasteiger partial charge >= 0.3 is 5.97 Å². The van der Waals surface area contributed by atoms with Crippen molar-refractivity contribution < 1.29 is 9.90 Å². The van der Waals surface area contributed by atoms with Gasteiger partial charge in [-0.05, 0) is 37.3 Å². The Balaban J connectivity index is 2.04. The fraction of sp³-hybridized carbons (Fsp3) is 0.500. The fourth-order valence-electron chi connectivity index (χ4n) is 1.74. The molecule has 2 N–H and O–H groups in total. The van der Waals surface area contributed by atoms with Gasteiger partial charge in [-0.2, -0.15) is 0 Å². The van der Waals surface area contributed by atoms with Crippen molar-refractivity contribution in [2.45, 2.75) is 25.7 Å². The van der Waals surface area contributed by atoms with E-state index in [2.05, 4.69) is 11.4 Å². The molecule has 1 aliphatic rings. The van der Waals surface area contributed by atoms with Crippen LogP contribution >= 0.6 is 11.3 Å². The van der Waals surface area contributed by atoms with Crippen molar-refractivity contribution in [1.29, 1.82) is 0 Å². The summed E-state index contributed by atoms with van der Waals surface area (Å²) in [6, 6.07) is 2.10. The number of rotatable bonds is 3. The van der Waals surface area contributed by atoms with Crippen LogP contribution in [0.25, 0.3) is 0 Å². The molecule has 1 heterocycles. The summed E-state index contributed by atoms with van der Waals surface area (Å²) in [6.45, 7) is 0.0133. The molecule has 4 heteroatoms. The maximum atomic E-state index is 10.4. The van der Waals surface area contributed by atoms with Crippen LogP contribution in [-0.2, 0) is 17.6 Å². The maximum Gasteiger partial charge on any atom is 0.322 e. The normalized spacial score (nSPS) is 14.9. The molecule has 3 nitrogen and oxygen atoms in total. The number of nitrogens with one attached hydrogen (secondary N) is 1. The summed E-state index contributed by atoms with van der Waals surface area (Å²) in [6.07, 6.45) is 4.85. The van der Waals surface area contributed by atoms with E-state index < -0.39 is 5.97 Å². The Morgan fingerprint density at radius 2 is 2.29 bits per heavy atom. The number of aryl methyl sites for hydroxylation is 2. The molecule has 1 aromatic rings. The number of fused-ring (bicyclic) bond motifs is 1. The highest BCUT2D eigenvalue weighted by Crippen LogP contribution is 2.32. The molecule has 0 spiro atoms. The average Bonchev–Trinajstić information content (AvgIpc) is 2.57. The Hall–Kier alpha value is -1.03. The molecule has 0 radical (unpaired) electrons. The van der Waals surface area contributed by atoms with E-state index >= 15 is 0 Å². The summed E-state index contributed by atoms with van der Waals surface area (Å²) in [5.41, 5.74) is 1.41. The summed E-state index contributed by atoms with van der Waals surface area (Å²) < 4.78 is 0. The predicted octanol–water partition coefficient (Wildman–Crippen LogP) is 2.12. The molecular formula is C10H13NO2S. The van der Waals surface area contributed by atoms with Crippen molar-refractivity contribution in [3.8, 4) is 0 Å². The fourth-order valence-corrected chi connectivity index (χ4v) is 2.89. The maximum absolute atomic E-state index is 10.4. The minimum absolute atomic E-state index is 0.0133. The molecule has 14 heavy (non-hydrogen) atoms. The standard InChI is InChI=1S/C10H13NO2S/c12-10(13)6-11-9-5-7-3-1-2-4-8(7)14-9/h5,11H,1-4,6H2,(H,12,13). The van der Waals surface area contributed by atoms with Gasteiger partial charge in [0.05, 0.1) is 5.00 Å². The van der Waals surface area contributed by atoms with Gasteiger partial charge in [-0.25, -0.2) is 0 Å². The highest BCUT2D eigenvalue weighted by molar-refractivity contribution is 7.16. The Morgan fingerprint density at radius 1 is 1.50 bits per heavy atom. The molecule has 1 aliphatic carbocycles. The first-order chi connectivity index (χ1) is 6.75. The first-order valence-electron chi connectivity index (χ1n) is 4.83. The van der Waals surface area contributed by atoms with Crippen LogP contribution in [0.15, 0.2) is 6.07 Å². The van der Waals surface area contributed by atoms with Crippen molar-refractivity contribution in [1.82, 2.24) is 0 Å². The van der Waals surface area contributed by atoms with E-state index in [1.807, 2.05) is 0 Å². The van der Waals surface area contributed by atoms with Gasteiger partial charge in [0.25, 0.3) is 0 Å². The second-order valence-corrected chi connectivity index (χ2v) is 4.65. The molecule has 0 unspecified atom stereocenters. The number of hydrogen-bond donors (Lipinski definition) is 2. The number of thiophene rings is 1. The number of hydrogen-bond acceptors (Lipinski definition) is 3. The topological polar surface area (TPSA) is 49.3 Å². The van der Waals surface area contributed by atoms with Gasteiger partial charge in [-0.1, -0.05) is 0 Å². The van der Waals surface area contributed by atoms with E-state index in [1.165, 1.54) is 23.3 Å². The second kappa shape index (κ2) is 4.00. The van der Waals surface area contributed by atoms with Crippen LogP contribution in [0.5, 0.6) is 0 Å². The van der Waals surface area contributed by atoms with Gasteiger partial charge < -0.3 is 10.4 Å². The van der Waals surface area contributed by atoms with E-state index in [4.69, 9.17) is 5.11 Å². The Morgan fingerprint density at radius 3 is 3.00 bits per heavy atom. The lowest BCUT2D eigenvalue weighted by Gasteiger charge is -2.08. The van der Waals surface area contributed by atoms with Crippen LogP contribution in [-0.4, -0.2) is 17.6 Å². The van der Waals surface area contributed by atoms with Gasteiger partial charge in [-0.3, -0.25) is 4.79 Å². The molecule has 1 aromatic heterocycles. The minimum Gasteiger partial charge on any atom is -0.480 e. The van der Waals surface area contributed by atoms with Crippen LogP contribution in [0.3, 0.4) is 0 Å². The van der Waals surface area contributed by atoms with E-state index in [0.717, 1.165) is 17.8 Å². The smallest absolute Gasteiger partial charge is 0.322 e.